The van der Waals surface area contributed by atoms with E-state index in [0.29, 0.717) is 13.0 Å². The molecule has 0 spiro atoms. The van der Waals surface area contributed by atoms with Crippen molar-refractivity contribution >= 4 is 11.9 Å². The number of hydrogen-bond acceptors (Lipinski definition) is 2. The summed E-state index contributed by atoms with van der Waals surface area (Å²) in [5.41, 5.74) is 0.222. The van der Waals surface area contributed by atoms with E-state index < -0.39 is 29.6 Å². The molecule has 1 amide bonds. The van der Waals surface area contributed by atoms with Gasteiger partial charge in [-0.15, -0.1) is 0 Å². The highest BCUT2D eigenvalue weighted by molar-refractivity contribution is 5.88. The number of carboxylic acid groups (broad SMARTS) is 1. The standard InChI is InChI=1S/C18H19F2NO3/c19-14-6-2-5-11(15(14)20)12-7-13(12)17(22)21-8-9-3-1-4-10(9)16(21)18(23)24/h2,5-6,9-10,12-13,16H,1,3-4,7-8H2,(H,23,24). The van der Waals surface area contributed by atoms with E-state index in [1.54, 1.807) is 0 Å². The monoisotopic (exact) mass is 335 g/mol. The number of hydrogen-bond donors (Lipinski definition) is 1. The van der Waals surface area contributed by atoms with E-state index >= 15 is 0 Å². The molecule has 0 bridgehead atoms. The first kappa shape index (κ1) is 15.5. The molecule has 3 aliphatic rings. The minimum absolute atomic E-state index is 0.0366. The molecule has 6 heteroatoms. The van der Waals surface area contributed by atoms with Gasteiger partial charge in [-0.1, -0.05) is 18.6 Å². The molecule has 128 valence electrons. The molecule has 24 heavy (non-hydrogen) atoms. The van der Waals surface area contributed by atoms with Gasteiger partial charge in [0.05, 0.1) is 0 Å². The number of carboxylic acids is 1. The summed E-state index contributed by atoms with van der Waals surface area (Å²) in [5.74, 6) is -3.45. The lowest BCUT2D eigenvalue weighted by Gasteiger charge is -2.24. The fraction of sp³-hybridized carbons (Fsp3) is 0.556. The summed E-state index contributed by atoms with van der Waals surface area (Å²) >= 11 is 0. The van der Waals surface area contributed by atoms with Crippen LogP contribution in [0, 0.1) is 29.4 Å². The number of carbonyl (C=O) groups excluding carboxylic acids is 1. The van der Waals surface area contributed by atoms with E-state index in [4.69, 9.17) is 0 Å². The van der Waals surface area contributed by atoms with Crippen LogP contribution < -0.4 is 0 Å². The Morgan fingerprint density at radius 1 is 1.21 bits per heavy atom. The number of likely N-dealkylation sites (tertiary alicyclic amines) is 1. The van der Waals surface area contributed by atoms with Crippen LogP contribution in [0.25, 0.3) is 0 Å². The van der Waals surface area contributed by atoms with Crippen LogP contribution in [0.4, 0.5) is 8.78 Å². The predicted octanol–water partition coefficient (Wildman–Crippen LogP) is 2.78. The highest BCUT2D eigenvalue weighted by Crippen LogP contribution is 2.51. The van der Waals surface area contributed by atoms with Gasteiger partial charge in [0.1, 0.15) is 6.04 Å². The molecule has 1 aromatic carbocycles. The fourth-order valence-electron chi connectivity index (χ4n) is 4.68. The zero-order valence-corrected chi connectivity index (χ0v) is 13.1. The van der Waals surface area contributed by atoms with Crippen molar-refractivity contribution in [2.75, 3.05) is 6.54 Å². The molecule has 2 saturated carbocycles. The number of fused-ring (bicyclic) bond motifs is 1. The molecule has 0 radical (unpaired) electrons. The zero-order chi connectivity index (χ0) is 17.0. The molecule has 4 nitrogen and oxygen atoms in total. The zero-order valence-electron chi connectivity index (χ0n) is 13.1. The van der Waals surface area contributed by atoms with Crippen LogP contribution >= 0.6 is 0 Å². The van der Waals surface area contributed by atoms with E-state index in [0.717, 1.165) is 25.3 Å². The Kier molecular flexibility index (Phi) is 3.58. The smallest absolute Gasteiger partial charge is 0.326 e. The van der Waals surface area contributed by atoms with E-state index in [1.807, 2.05) is 0 Å². The van der Waals surface area contributed by atoms with Gasteiger partial charge in [-0.05, 0) is 48.6 Å². The second-order valence-corrected chi connectivity index (χ2v) is 7.22. The summed E-state index contributed by atoms with van der Waals surface area (Å²) in [6, 6.07) is 3.24. The van der Waals surface area contributed by atoms with Crippen LogP contribution in [-0.4, -0.2) is 34.5 Å². The van der Waals surface area contributed by atoms with E-state index in [2.05, 4.69) is 0 Å². The van der Waals surface area contributed by atoms with Crippen molar-refractivity contribution in [2.45, 2.75) is 37.6 Å². The third kappa shape index (κ3) is 2.31. The Morgan fingerprint density at radius 3 is 2.75 bits per heavy atom. The van der Waals surface area contributed by atoms with Crippen molar-refractivity contribution < 1.29 is 23.5 Å². The van der Waals surface area contributed by atoms with Crippen molar-refractivity contribution in [3.63, 3.8) is 0 Å². The lowest BCUT2D eigenvalue weighted by Crippen LogP contribution is -2.44. The first-order chi connectivity index (χ1) is 11.5. The number of aliphatic carboxylic acids is 1. The van der Waals surface area contributed by atoms with Crippen LogP contribution in [0.5, 0.6) is 0 Å². The van der Waals surface area contributed by atoms with Gasteiger partial charge in [-0.2, -0.15) is 0 Å². The Bertz CT molecular complexity index is 708. The summed E-state index contributed by atoms with van der Waals surface area (Å²) in [6.45, 7) is 0.481. The SMILES string of the molecule is O=C(O)C1C2CCCC2CN1C(=O)C1CC1c1cccc(F)c1F. The van der Waals surface area contributed by atoms with Crippen LogP contribution in [0.2, 0.25) is 0 Å². The van der Waals surface area contributed by atoms with Crippen molar-refractivity contribution in [1.29, 1.82) is 0 Å². The molecule has 1 aliphatic heterocycles. The Hall–Kier alpha value is -1.98. The van der Waals surface area contributed by atoms with E-state index in [1.165, 1.54) is 17.0 Å². The molecule has 1 aromatic rings. The quantitative estimate of drug-likeness (QED) is 0.924. The number of nitrogens with zero attached hydrogens (tertiary/aromatic N) is 1. The van der Waals surface area contributed by atoms with Gasteiger partial charge in [0.2, 0.25) is 5.91 Å². The largest absolute Gasteiger partial charge is 0.480 e. The van der Waals surface area contributed by atoms with Gasteiger partial charge in [0, 0.05) is 12.5 Å². The maximum atomic E-state index is 13.9. The topological polar surface area (TPSA) is 57.6 Å². The van der Waals surface area contributed by atoms with Crippen molar-refractivity contribution in [3.8, 4) is 0 Å². The van der Waals surface area contributed by atoms with Crippen LogP contribution in [-0.2, 0) is 9.59 Å². The van der Waals surface area contributed by atoms with Crippen LogP contribution in [0.15, 0.2) is 18.2 Å². The van der Waals surface area contributed by atoms with Gasteiger partial charge < -0.3 is 10.0 Å². The summed E-state index contributed by atoms with van der Waals surface area (Å²) in [4.78, 5) is 25.9. The lowest BCUT2D eigenvalue weighted by molar-refractivity contribution is -0.150. The number of carbonyl (C=O) groups is 2. The molecule has 0 aromatic heterocycles. The molecule has 1 saturated heterocycles. The molecule has 3 fully saturated rings. The van der Waals surface area contributed by atoms with E-state index in [-0.39, 0.29) is 29.2 Å². The fourth-order valence-corrected chi connectivity index (χ4v) is 4.68. The summed E-state index contributed by atoms with van der Waals surface area (Å²) < 4.78 is 27.3. The number of benzene rings is 1. The average molecular weight is 335 g/mol. The minimum Gasteiger partial charge on any atom is -0.480 e. The average Bonchev–Trinajstić information content (AvgIpc) is 3.04. The van der Waals surface area contributed by atoms with Gasteiger partial charge in [0.25, 0.3) is 0 Å². The maximum absolute atomic E-state index is 13.9. The Balaban J connectivity index is 1.53. The first-order valence-electron chi connectivity index (χ1n) is 8.46. The predicted molar refractivity (Wildman–Crippen MR) is 81.2 cm³/mol. The Labute approximate surface area is 138 Å². The van der Waals surface area contributed by atoms with Gasteiger partial charge in [0.15, 0.2) is 11.6 Å². The lowest BCUT2D eigenvalue weighted by atomic mass is 9.94. The summed E-state index contributed by atoms with van der Waals surface area (Å²) in [7, 11) is 0. The number of rotatable bonds is 3. The van der Waals surface area contributed by atoms with Crippen LogP contribution in [0.3, 0.4) is 0 Å². The van der Waals surface area contributed by atoms with Crippen molar-refractivity contribution in [1.82, 2.24) is 4.90 Å². The second kappa shape index (κ2) is 5.53. The summed E-state index contributed by atoms with van der Waals surface area (Å²) in [6.07, 6.45) is 3.28. The molecule has 5 atom stereocenters. The molecule has 5 unspecified atom stereocenters. The Morgan fingerprint density at radius 2 is 2.00 bits per heavy atom. The minimum atomic E-state index is -0.952. The van der Waals surface area contributed by atoms with Crippen molar-refractivity contribution in [3.05, 3.63) is 35.4 Å². The normalized spacial score (nSPS) is 34.2. The van der Waals surface area contributed by atoms with Crippen molar-refractivity contribution in [2.24, 2.45) is 17.8 Å². The molecule has 2 aliphatic carbocycles. The highest BCUT2D eigenvalue weighted by atomic mass is 19.2. The molecular weight excluding hydrogens is 316 g/mol. The third-order valence-corrected chi connectivity index (χ3v) is 5.92. The number of amides is 1. The molecule has 1 N–H and O–H groups in total. The first-order valence-corrected chi connectivity index (χ1v) is 8.46. The van der Waals surface area contributed by atoms with Gasteiger partial charge >= 0.3 is 5.97 Å². The van der Waals surface area contributed by atoms with E-state index in [9.17, 15) is 23.5 Å². The van der Waals surface area contributed by atoms with Gasteiger partial charge in [-0.25, -0.2) is 13.6 Å². The molecule has 1 heterocycles. The highest BCUT2D eigenvalue weighted by Gasteiger charge is 2.54. The van der Waals surface area contributed by atoms with Gasteiger partial charge in [-0.3, -0.25) is 4.79 Å². The maximum Gasteiger partial charge on any atom is 0.326 e. The molecular formula is C18H19F2NO3. The third-order valence-electron chi connectivity index (χ3n) is 5.92. The summed E-state index contributed by atoms with van der Waals surface area (Å²) in [5, 5.41) is 9.54. The number of halogens is 2. The van der Waals surface area contributed by atoms with Crippen LogP contribution in [0.1, 0.15) is 37.2 Å². The second-order valence-electron chi connectivity index (χ2n) is 7.22. The molecule has 4 rings (SSSR count).